The number of hydrogen-bond donors (Lipinski definition) is 2. The normalized spacial score (nSPS) is 10.8. The van der Waals surface area contributed by atoms with Gasteiger partial charge in [-0.2, -0.15) is 0 Å². The summed E-state index contributed by atoms with van der Waals surface area (Å²) < 4.78 is 10.8. The van der Waals surface area contributed by atoms with E-state index < -0.39 is 0 Å². The van der Waals surface area contributed by atoms with E-state index in [-0.39, 0.29) is 6.61 Å². The van der Waals surface area contributed by atoms with Crippen LogP contribution < -0.4 is 10.1 Å². The van der Waals surface area contributed by atoms with Crippen LogP contribution in [0.25, 0.3) is 0 Å². The van der Waals surface area contributed by atoms with Gasteiger partial charge in [0, 0.05) is 24.9 Å². The van der Waals surface area contributed by atoms with Crippen LogP contribution in [-0.4, -0.2) is 36.5 Å². The molecule has 0 aliphatic rings. The Morgan fingerprint density at radius 1 is 1.12 bits per heavy atom. The maximum absolute atomic E-state index is 9.28. The zero-order valence-corrected chi connectivity index (χ0v) is 14.2. The standard InChI is InChI=1S/C19H26N2O3/c1-2-23-12-13-24-18-7-5-16(6-8-18)9-11-20-14-19-17(15-22)4-3-10-21-19/h3-8,10,20,22H,2,9,11-15H2,1H3. The zero-order chi connectivity index (χ0) is 17.0. The van der Waals surface area contributed by atoms with Crippen LogP contribution in [0.3, 0.4) is 0 Å². The first-order valence-corrected chi connectivity index (χ1v) is 8.37. The minimum atomic E-state index is 0.0234. The van der Waals surface area contributed by atoms with E-state index in [9.17, 15) is 5.11 Å². The minimum Gasteiger partial charge on any atom is -0.491 e. The molecule has 1 aromatic carbocycles. The summed E-state index contributed by atoms with van der Waals surface area (Å²) in [5.41, 5.74) is 3.03. The van der Waals surface area contributed by atoms with E-state index in [0.29, 0.717) is 26.4 Å². The monoisotopic (exact) mass is 330 g/mol. The van der Waals surface area contributed by atoms with Crippen molar-refractivity contribution in [2.75, 3.05) is 26.4 Å². The molecule has 1 heterocycles. The first kappa shape index (κ1) is 18.4. The van der Waals surface area contributed by atoms with Crippen molar-refractivity contribution in [2.45, 2.75) is 26.5 Å². The summed E-state index contributed by atoms with van der Waals surface area (Å²) in [7, 11) is 0. The summed E-state index contributed by atoms with van der Waals surface area (Å²) in [6, 6.07) is 11.9. The van der Waals surface area contributed by atoms with E-state index in [1.165, 1.54) is 5.56 Å². The van der Waals surface area contributed by atoms with Gasteiger partial charge in [0.05, 0.1) is 18.9 Å². The molecule has 0 saturated carbocycles. The van der Waals surface area contributed by atoms with Crippen molar-refractivity contribution in [3.63, 3.8) is 0 Å². The van der Waals surface area contributed by atoms with Gasteiger partial charge in [0.2, 0.25) is 0 Å². The van der Waals surface area contributed by atoms with Crippen LogP contribution in [0, 0.1) is 0 Å². The van der Waals surface area contributed by atoms with E-state index in [4.69, 9.17) is 9.47 Å². The Bertz CT molecular complexity index is 587. The van der Waals surface area contributed by atoms with Gasteiger partial charge in [-0.15, -0.1) is 0 Å². The summed E-state index contributed by atoms with van der Waals surface area (Å²) in [5, 5.41) is 12.6. The summed E-state index contributed by atoms with van der Waals surface area (Å²) >= 11 is 0. The average Bonchev–Trinajstić information content (AvgIpc) is 2.64. The predicted molar refractivity (Wildman–Crippen MR) is 94.0 cm³/mol. The number of aromatic nitrogens is 1. The first-order chi connectivity index (χ1) is 11.8. The van der Waals surface area contributed by atoms with Crippen LogP contribution in [0.1, 0.15) is 23.7 Å². The largest absolute Gasteiger partial charge is 0.491 e. The Kier molecular flexibility index (Phi) is 8.24. The molecule has 0 atom stereocenters. The van der Waals surface area contributed by atoms with Crippen molar-refractivity contribution < 1.29 is 14.6 Å². The number of nitrogens with one attached hydrogen (secondary N) is 1. The lowest BCUT2D eigenvalue weighted by atomic mass is 10.1. The van der Waals surface area contributed by atoms with Crippen molar-refractivity contribution in [1.29, 1.82) is 0 Å². The van der Waals surface area contributed by atoms with Crippen molar-refractivity contribution >= 4 is 0 Å². The quantitative estimate of drug-likeness (QED) is 0.619. The molecule has 130 valence electrons. The van der Waals surface area contributed by atoms with Crippen molar-refractivity contribution in [1.82, 2.24) is 10.3 Å². The Hall–Kier alpha value is -1.95. The molecule has 0 amide bonds. The molecule has 0 spiro atoms. The lowest BCUT2D eigenvalue weighted by Gasteiger charge is -2.09. The number of pyridine rings is 1. The molecule has 0 saturated heterocycles. The SMILES string of the molecule is CCOCCOc1ccc(CCNCc2ncccc2CO)cc1. The smallest absolute Gasteiger partial charge is 0.119 e. The topological polar surface area (TPSA) is 63.6 Å². The third kappa shape index (κ3) is 6.28. The van der Waals surface area contributed by atoms with Gasteiger partial charge in [-0.1, -0.05) is 18.2 Å². The lowest BCUT2D eigenvalue weighted by Crippen LogP contribution is -2.18. The van der Waals surface area contributed by atoms with Crippen LogP contribution in [0.15, 0.2) is 42.6 Å². The highest BCUT2D eigenvalue weighted by Gasteiger charge is 2.02. The number of rotatable bonds is 11. The highest BCUT2D eigenvalue weighted by atomic mass is 16.5. The van der Waals surface area contributed by atoms with E-state index >= 15 is 0 Å². The first-order valence-electron chi connectivity index (χ1n) is 8.37. The molecular weight excluding hydrogens is 304 g/mol. The van der Waals surface area contributed by atoms with Gasteiger partial charge in [-0.05, 0) is 43.7 Å². The highest BCUT2D eigenvalue weighted by molar-refractivity contribution is 5.27. The minimum absolute atomic E-state index is 0.0234. The molecule has 0 fully saturated rings. The summed E-state index contributed by atoms with van der Waals surface area (Å²) in [6.45, 7) is 5.42. The van der Waals surface area contributed by atoms with E-state index in [2.05, 4.69) is 22.4 Å². The van der Waals surface area contributed by atoms with Gasteiger partial charge in [-0.3, -0.25) is 4.98 Å². The molecule has 0 bridgehead atoms. The maximum atomic E-state index is 9.28. The Balaban J connectivity index is 1.69. The Labute approximate surface area is 143 Å². The molecular formula is C19H26N2O3. The molecule has 5 heteroatoms. The number of aliphatic hydroxyl groups is 1. The van der Waals surface area contributed by atoms with Gasteiger partial charge in [-0.25, -0.2) is 0 Å². The third-order valence-corrected chi connectivity index (χ3v) is 3.66. The molecule has 0 aliphatic heterocycles. The Morgan fingerprint density at radius 3 is 2.71 bits per heavy atom. The fourth-order valence-corrected chi connectivity index (χ4v) is 2.33. The summed E-state index contributed by atoms with van der Waals surface area (Å²) in [4.78, 5) is 4.30. The van der Waals surface area contributed by atoms with E-state index in [1.807, 2.05) is 31.2 Å². The van der Waals surface area contributed by atoms with Crippen LogP contribution >= 0.6 is 0 Å². The molecule has 2 rings (SSSR count). The van der Waals surface area contributed by atoms with Crippen molar-refractivity contribution in [2.24, 2.45) is 0 Å². The second kappa shape index (κ2) is 10.8. The summed E-state index contributed by atoms with van der Waals surface area (Å²) in [5.74, 6) is 0.868. The van der Waals surface area contributed by atoms with Crippen LogP contribution in [-0.2, 0) is 24.3 Å². The lowest BCUT2D eigenvalue weighted by molar-refractivity contribution is 0.110. The molecule has 0 aliphatic carbocycles. The molecule has 1 aromatic heterocycles. The van der Waals surface area contributed by atoms with Gasteiger partial charge in [0.1, 0.15) is 12.4 Å². The van der Waals surface area contributed by atoms with Crippen molar-refractivity contribution in [3.05, 3.63) is 59.4 Å². The Morgan fingerprint density at radius 2 is 1.96 bits per heavy atom. The number of benzene rings is 1. The molecule has 0 radical (unpaired) electrons. The highest BCUT2D eigenvalue weighted by Crippen LogP contribution is 2.12. The van der Waals surface area contributed by atoms with Crippen LogP contribution in [0.2, 0.25) is 0 Å². The molecule has 2 N–H and O–H groups in total. The second-order valence-corrected chi connectivity index (χ2v) is 5.38. The molecule has 24 heavy (non-hydrogen) atoms. The number of nitrogens with zero attached hydrogens (tertiary/aromatic N) is 1. The van der Waals surface area contributed by atoms with E-state index in [0.717, 1.165) is 30.0 Å². The van der Waals surface area contributed by atoms with Crippen LogP contribution in [0.5, 0.6) is 5.75 Å². The van der Waals surface area contributed by atoms with Gasteiger partial charge >= 0.3 is 0 Å². The predicted octanol–water partition coefficient (Wildman–Crippen LogP) is 2.32. The van der Waals surface area contributed by atoms with Crippen LogP contribution in [0.4, 0.5) is 0 Å². The number of hydrogen-bond acceptors (Lipinski definition) is 5. The van der Waals surface area contributed by atoms with Gasteiger partial charge in [0.15, 0.2) is 0 Å². The van der Waals surface area contributed by atoms with E-state index in [1.54, 1.807) is 6.20 Å². The second-order valence-electron chi connectivity index (χ2n) is 5.38. The molecule has 2 aromatic rings. The molecule has 5 nitrogen and oxygen atoms in total. The number of ether oxygens (including phenoxy) is 2. The summed E-state index contributed by atoms with van der Waals surface area (Å²) in [6.07, 6.45) is 2.68. The fraction of sp³-hybridized carbons (Fsp3) is 0.421. The fourth-order valence-electron chi connectivity index (χ4n) is 2.33. The zero-order valence-electron chi connectivity index (χ0n) is 14.2. The van der Waals surface area contributed by atoms with Crippen molar-refractivity contribution in [3.8, 4) is 5.75 Å². The number of aliphatic hydroxyl groups excluding tert-OH is 1. The van der Waals surface area contributed by atoms with Gasteiger partial charge in [0.25, 0.3) is 0 Å². The average molecular weight is 330 g/mol. The van der Waals surface area contributed by atoms with Gasteiger partial charge < -0.3 is 19.9 Å². The molecule has 0 unspecified atom stereocenters. The maximum Gasteiger partial charge on any atom is 0.119 e. The third-order valence-electron chi connectivity index (χ3n) is 3.66.